The molecule has 4 heteroatoms. The number of nitrogens with one attached hydrogen (secondary N) is 1. The third kappa shape index (κ3) is 4.47. The fraction of sp³-hybridized carbons (Fsp3) is 0.294. The lowest BCUT2D eigenvalue weighted by Crippen LogP contribution is -2.23. The quantitative estimate of drug-likeness (QED) is 0.774. The molecule has 0 saturated carbocycles. The van der Waals surface area contributed by atoms with Crippen LogP contribution in [-0.4, -0.2) is 13.7 Å². The van der Waals surface area contributed by atoms with E-state index in [-0.39, 0.29) is 6.04 Å². The van der Waals surface area contributed by atoms with E-state index >= 15 is 0 Å². The Labute approximate surface area is 139 Å². The summed E-state index contributed by atoms with van der Waals surface area (Å²) in [6.07, 6.45) is 0.923. The first kappa shape index (κ1) is 16.3. The van der Waals surface area contributed by atoms with Crippen molar-refractivity contribution in [3.05, 3.63) is 63.1 Å². The molecule has 21 heavy (non-hydrogen) atoms. The van der Waals surface area contributed by atoms with Crippen LogP contribution in [0.1, 0.15) is 24.1 Å². The molecule has 0 aromatic heterocycles. The van der Waals surface area contributed by atoms with E-state index in [4.69, 9.17) is 16.3 Å². The van der Waals surface area contributed by atoms with Crippen molar-refractivity contribution in [3.63, 3.8) is 0 Å². The van der Waals surface area contributed by atoms with E-state index in [9.17, 15) is 0 Å². The van der Waals surface area contributed by atoms with Crippen LogP contribution in [0.15, 0.2) is 46.9 Å². The van der Waals surface area contributed by atoms with E-state index in [1.165, 1.54) is 11.1 Å². The van der Waals surface area contributed by atoms with Gasteiger partial charge < -0.3 is 10.1 Å². The van der Waals surface area contributed by atoms with Crippen LogP contribution < -0.4 is 10.1 Å². The lowest BCUT2D eigenvalue weighted by molar-refractivity contribution is 0.414. The number of hydrogen-bond acceptors (Lipinski definition) is 2. The number of benzene rings is 2. The standard InChI is InChI=1S/C17H19BrClNO/c1-3-20-17(13-6-9-16(19)15(18)11-13)10-12-4-7-14(21-2)8-5-12/h4-9,11,17,20H,3,10H2,1-2H3. The normalized spacial score (nSPS) is 12.2. The lowest BCUT2D eigenvalue weighted by atomic mass is 9.99. The third-order valence-corrected chi connectivity index (χ3v) is 4.61. The summed E-state index contributed by atoms with van der Waals surface area (Å²) in [6, 6.07) is 14.5. The molecule has 2 aromatic carbocycles. The molecule has 1 N–H and O–H groups in total. The molecule has 0 radical (unpaired) electrons. The van der Waals surface area contributed by atoms with Gasteiger partial charge in [0.05, 0.1) is 12.1 Å². The van der Waals surface area contributed by atoms with E-state index < -0.39 is 0 Å². The van der Waals surface area contributed by atoms with Gasteiger partial charge in [0, 0.05) is 10.5 Å². The predicted molar refractivity (Wildman–Crippen MR) is 92.3 cm³/mol. The zero-order valence-electron chi connectivity index (χ0n) is 12.2. The fourth-order valence-electron chi connectivity index (χ4n) is 2.28. The highest BCUT2D eigenvalue weighted by atomic mass is 79.9. The van der Waals surface area contributed by atoms with E-state index in [1.807, 2.05) is 18.2 Å². The van der Waals surface area contributed by atoms with Crippen molar-refractivity contribution in [2.45, 2.75) is 19.4 Å². The Morgan fingerprint density at radius 1 is 1.19 bits per heavy atom. The monoisotopic (exact) mass is 367 g/mol. The number of ether oxygens (including phenoxy) is 1. The average Bonchev–Trinajstić information content (AvgIpc) is 2.50. The Balaban J connectivity index is 2.19. The van der Waals surface area contributed by atoms with Crippen LogP contribution in [0.3, 0.4) is 0 Å². The van der Waals surface area contributed by atoms with E-state index in [0.29, 0.717) is 0 Å². The number of likely N-dealkylation sites (N-methyl/N-ethyl adjacent to an activating group) is 1. The topological polar surface area (TPSA) is 21.3 Å². The van der Waals surface area contributed by atoms with Crippen molar-refractivity contribution >= 4 is 27.5 Å². The maximum Gasteiger partial charge on any atom is 0.118 e. The average molecular weight is 369 g/mol. The van der Waals surface area contributed by atoms with Crippen LogP contribution in [0.4, 0.5) is 0 Å². The summed E-state index contributed by atoms with van der Waals surface area (Å²) in [5.74, 6) is 0.882. The zero-order valence-corrected chi connectivity index (χ0v) is 14.5. The summed E-state index contributed by atoms with van der Waals surface area (Å²) < 4.78 is 6.13. The molecule has 0 spiro atoms. The molecule has 2 nitrogen and oxygen atoms in total. The molecular formula is C17H19BrClNO. The van der Waals surface area contributed by atoms with Gasteiger partial charge >= 0.3 is 0 Å². The first-order chi connectivity index (χ1) is 10.1. The second kappa shape index (κ2) is 7.83. The Morgan fingerprint density at radius 2 is 1.90 bits per heavy atom. The molecule has 112 valence electrons. The maximum absolute atomic E-state index is 6.07. The second-order valence-electron chi connectivity index (χ2n) is 4.84. The SMILES string of the molecule is CCNC(Cc1ccc(OC)cc1)c1ccc(Cl)c(Br)c1. The molecule has 0 bridgehead atoms. The van der Waals surface area contributed by atoms with E-state index in [0.717, 1.165) is 28.2 Å². The number of halogens is 2. The summed E-state index contributed by atoms with van der Waals surface area (Å²) in [5, 5.41) is 4.26. The highest BCUT2D eigenvalue weighted by molar-refractivity contribution is 9.10. The lowest BCUT2D eigenvalue weighted by Gasteiger charge is -2.19. The smallest absolute Gasteiger partial charge is 0.118 e. The van der Waals surface area contributed by atoms with Gasteiger partial charge in [-0.2, -0.15) is 0 Å². The van der Waals surface area contributed by atoms with Crippen molar-refractivity contribution < 1.29 is 4.74 Å². The number of methoxy groups -OCH3 is 1. The largest absolute Gasteiger partial charge is 0.497 e. The van der Waals surface area contributed by atoms with Crippen molar-refractivity contribution in [2.24, 2.45) is 0 Å². The predicted octanol–water partition coefficient (Wildman–Crippen LogP) is 5.00. The van der Waals surface area contributed by atoms with Gasteiger partial charge in [-0.15, -0.1) is 0 Å². The first-order valence-corrected chi connectivity index (χ1v) is 8.12. The molecule has 0 fully saturated rings. The molecule has 0 aliphatic carbocycles. The van der Waals surface area contributed by atoms with E-state index in [2.05, 4.69) is 52.4 Å². The van der Waals surface area contributed by atoms with Gasteiger partial charge in [0.15, 0.2) is 0 Å². The maximum atomic E-state index is 6.07. The minimum Gasteiger partial charge on any atom is -0.497 e. The highest BCUT2D eigenvalue weighted by Gasteiger charge is 2.12. The van der Waals surface area contributed by atoms with Crippen LogP contribution in [-0.2, 0) is 6.42 Å². The summed E-state index contributed by atoms with van der Waals surface area (Å²) in [4.78, 5) is 0. The molecule has 1 unspecified atom stereocenters. The van der Waals surface area contributed by atoms with Crippen LogP contribution in [0.2, 0.25) is 5.02 Å². The second-order valence-corrected chi connectivity index (χ2v) is 6.10. The molecule has 0 aliphatic heterocycles. The van der Waals surface area contributed by atoms with Gasteiger partial charge in [0.2, 0.25) is 0 Å². The molecule has 0 saturated heterocycles. The van der Waals surface area contributed by atoms with Crippen LogP contribution in [0.5, 0.6) is 5.75 Å². The Morgan fingerprint density at radius 3 is 2.48 bits per heavy atom. The third-order valence-electron chi connectivity index (χ3n) is 3.40. The minimum atomic E-state index is 0.261. The number of hydrogen-bond donors (Lipinski definition) is 1. The molecule has 0 heterocycles. The van der Waals surface area contributed by atoms with Crippen molar-refractivity contribution in [3.8, 4) is 5.75 Å². The van der Waals surface area contributed by atoms with Gasteiger partial charge in [-0.05, 0) is 64.3 Å². The van der Waals surface area contributed by atoms with Gasteiger partial charge in [-0.1, -0.05) is 36.7 Å². The van der Waals surface area contributed by atoms with E-state index in [1.54, 1.807) is 7.11 Å². The van der Waals surface area contributed by atoms with Crippen LogP contribution in [0.25, 0.3) is 0 Å². The molecule has 0 aliphatic rings. The summed E-state index contributed by atoms with van der Waals surface area (Å²) in [5.41, 5.74) is 2.50. The van der Waals surface area contributed by atoms with Crippen molar-refractivity contribution in [2.75, 3.05) is 13.7 Å². The Hall–Kier alpha value is -1.03. The van der Waals surface area contributed by atoms with Crippen molar-refractivity contribution in [1.29, 1.82) is 0 Å². The summed E-state index contributed by atoms with van der Waals surface area (Å²) in [7, 11) is 1.68. The summed E-state index contributed by atoms with van der Waals surface area (Å²) in [6.45, 7) is 3.03. The number of rotatable bonds is 6. The van der Waals surface area contributed by atoms with Gasteiger partial charge in [0.1, 0.15) is 5.75 Å². The Bertz CT molecular complexity index is 586. The highest BCUT2D eigenvalue weighted by Crippen LogP contribution is 2.28. The van der Waals surface area contributed by atoms with Crippen LogP contribution in [0, 0.1) is 0 Å². The van der Waals surface area contributed by atoms with Crippen LogP contribution >= 0.6 is 27.5 Å². The van der Waals surface area contributed by atoms with Gasteiger partial charge in [-0.25, -0.2) is 0 Å². The molecule has 2 rings (SSSR count). The summed E-state index contributed by atoms with van der Waals surface area (Å²) >= 11 is 9.57. The van der Waals surface area contributed by atoms with Gasteiger partial charge in [0.25, 0.3) is 0 Å². The zero-order chi connectivity index (χ0) is 15.2. The molecule has 0 amide bonds. The minimum absolute atomic E-state index is 0.261. The van der Waals surface area contributed by atoms with Gasteiger partial charge in [-0.3, -0.25) is 0 Å². The molecule has 2 aromatic rings. The molecule has 1 atom stereocenters. The Kier molecular flexibility index (Phi) is 6.09. The van der Waals surface area contributed by atoms with Crippen molar-refractivity contribution in [1.82, 2.24) is 5.32 Å². The fourth-order valence-corrected chi connectivity index (χ4v) is 2.79. The first-order valence-electron chi connectivity index (χ1n) is 6.95. The molecular weight excluding hydrogens is 350 g/mol.